The third-order valence-corrected chi connectivity index (χ3v) is 3.11. The molecule has 0 unspecified atom stereocenters. The van der Waals surface area contributed by atoms with Crippen molar-refractivity contribution in [2.45, 2.75) is 33.4 Å². The zero-order valence-corrected chi connectivity index (χ0v) is 10.9. The summed E-state index contributed by atoms with van der Waals surface area (Å²) in [6, 6.07) is -0.271. The van der Waals surface area contributed by atoms with Crippen molar-refractivity contribution in [1.82, 2.24) is 10.3 Å². The van der Waals surface area contributed by atoms with Gasteiger partial charge in [-0.2, -0.15) is 0 Å². The fourth-order valence-electron chi connectivity index (χ4n) is 1.42. The summed E-state index contributed by atoms with van der Waals surface area (Å²) in [5, 5.41) is 6.20. The Balaban J connectivity index is 2.53. The Labute approximate surface area is 100 Å². The van der Waals surface area contributed by atoms with Crippen LogP contribution in [0, 0.1) is 12.8 Å². The van der Waals surface area contributed by atoms with E-state index >= 15 is 0 Å². The highest BCUT2D eigenvalue weighted by Gasteiger charge is 2.22. The van der Waals surface area contributed by atoms with Crippen molar-refractivity contribution in [3.8, 4) is 0 Å². The van der Waals surface area contributed by atoms with Gasteiger partial charge in [0.1, 0.15) is 6.04 Å². The molecule has 0 amide bonds. The van der Waals surface area contributed by atoms with E-state index in [4.69, 9.17) is 4.74 Å². The largest absolute Gasteiger partial charge is 0.468 e. The Hall–Kier alpha value is -0.940. The minimum Gasteiger partial charge on any atom is -0.468 e. The normalized spacial score (nSPS) is 12.8. The van der Waals surface area contributed by atoms with E-state index in [0.29, 0.717) is 6.54 Å². The number of hydrogen-bond acceptors (Lipinski definition) is 5. The third kappa shape index (κ3) is 3.57. The van der Waals surface area contributed by atoms with Gasteiger partial charge >= 0.3 is 5.97 Å². The van der Waals surface area contributed by atoms with Crippen LogP contribution in [-0.4, -0.2) is 24.1 Å². The molecule has 0 aromatic carbocycles. The lowest BCUT2D eigenvalue weighted by Gasteiger charge is -2.19. The van der Waals surface area contributed by atoms with E-state index in [9.17, 15) is 4.79 Å². The van der Waals surface area contributed by atoms with E-state index in [2.05, 4.69) is 10.3 Å². The van der Waals surface area contributed by atoms with Crippen LogP contribution in [0.4, 0.5) is 0 Å². The highest BCUT2D eigenvalue weighted by molar-refractivity contribution is 7.09. The lowest BCUT2D eigenvalue weighted by atomic mass is 10.0. The Bertz CT molecular complexity index is 350. The minimum atomic E-state index is -0.271. The van der Waals surface area contributed by atoms with E-state index in [-0.39, 0.29) is 17.9 Å². The SMILES string of the molecule is COC(=O)[C@@H](NCc1csc(C)n1)C(C)C. The van der Waals surface area contributed by atoms with Gasteiger partial charge in [-0.25, -0.2) is 4.98 Å². The second-order valence-electron chi connectivity index (χ2n) is 3.98. The molecule has 4 nitrogen and oxygen atoms in total. The predicted molar refractivity (Wildman–Crippen MR) is 64.3 cm³/mol. The highest BCUT2D eigenvalue weighted by Crippen LogP contribution is 2.09. The number of ether oxygens (including phenoxy) is 1. The predicted octanol–water partition coefficient (Wildman–Crippen LogP) is 1.74. The summed E-state index contributed by atoms with van der Waals surface area (Å²) in [6.45, 7) is 6.54. The van der Waals surface area contributed by atoms with Crippen LogP contribution in [0.3, 0.4) is 0 Å². The van der Waals surface area contributed by atoms with Crippen molar-refractivity contribution in [1.29, 1.82) is 0 Å². The molecule has 16 heavy (non-hydrogen) atoms. The van der Waals surface area contributed by atoms with Gasteiger partial charge in [-0.05, 0) is 12.8 Å². The second kappa shape index (κ2) is 5.96. The second-order valence-corrected chi connectivity index (χ2v) is 5.05. The van der Waals surface area contributed by atoms with Crippen LogP contribution in [0.1, 0.15) is 24.5 Å². The van der Waals surface area contributed by atoms with Crippen LogP contribution in [0.25, 0.3) is 0 Å². The summed E-state index contributed by atoms with van der Waals surface area (Å²) in [7, 11) is 1.41. The number of thiazole rings is 1. The summed E-state index contributed by atoms with van der Waals surface area (Å²) in [5.41, 5.74) is 0.969. The van der Waals surface area contributed by atoms with E-state index in [0.717, 1.165) is 10.7 Å². The molecule has 0 fully saturated rings. The Morgan fingerprint density at radius 2 is 2.31 bits per heavy atom. The molecule has 0 radical (unpaired) electrons. The quantitative estimate of drug-likeness (QED) is 0.799. The summed E-state index contributed by atoms with van der Waals surface area (Å²) < 4.78 is 4.75. The zero-order valence-electron chi connectivity index (χ0n) is 10.1. The van der Waals surface area contributed by atoms with Crippen molar-refractivity contribution in [2.75, 3.05) is 7.11 Å². The summed E-state index contributed by atoms with van der Waals surface area (Å²) in [5.74, 6) is -0.0193. The molecule has 1 aromatic rings. The fraction of sp³-hybridized carbons (Fsp3) is 0.636. The number of carbonyl (C=O) groups excluding carboxylic acids is 1. The molecule has 0 saturated heterocycles. The van der Waals surface area contributed by atoms with Crippen LogP contribution in [0.15, 0.2) is 5.38 Å². The monoisotopic (exact) mass is 242 g/mol. The van der Waals surface area contributed by atoms with Gasteiger partial charge in [0.25, 0.3) is 0 Å². The maximum absolute atomic E-state index is 11.5. The van der Waals surface area contributed by atoms with Gasteiger partial charge in [-0.1, -0.05) is 13.8 Å². The van der Waals surface area contributed by atoms with Gasteiger partial charge in [0.2, 0.25) is 0 Å². The van der Waals surface area contributed by atoms with Gasteiger partial charge in [0.05, 0.1) is 17.8 Å². The van der Waals surface area contributed by atoms with E-state index < -0.39 is 0 Å². The maximum Gasteiger partial charge on any atom is 0.323 e. The number of rotatable bonds is 5. The van der Waals surface area contributed by atoms with Gasteiger partial charge in [0, 0.05) is 11.9 Å². The molecule has 0 aliphatic rings. The Morgan fingerprint density at radius 3 is 2.75 bits per heavy atom. The first-order valence-electron chi connectivity index (χ1n) is 5.26. The first-order valence-corrected chi connectivity index (χ1v) is 6.14. The van der Waals surface area contributed by atoms with Crippen molar-refractivity contribution in [3.63, 3.8) is 0 Å². The number of nitrogens with zero attached hydrogens (tertiary/aromatic N) is 1. The topological polar surface area (TPSA) is 51.2 Å². The van der Waals surface area contributed by atoms with Crippen LogP contribution in [0.5, 0.6) is 0 Å². The number of esters is 1. The van der Waals surface area contributed by atoms with E-state index in [1.165, 1.54) is 7.11 Å². The zero-order chi connectivity index (χ0) is 12.1. The highest BCUT2D eigenvalue weighted by atomic mass is 32.1. The molecule has 90 valence electrons. The van der Waals surface area contributed by atoms with Gasteiger partial charge < -0.3 is 4.74 Å². The molecule has 0 bridgehead atoms. The lowest BCUT2D eigenvalue weighted by molar-refractivity contribution is -0.144. The number of aryl methyl sites for hydroxylation is 1. The number of aromatic nitrogens is 1. The molecule has 5 heteroatoms. The molecule has 1 atom stereocenters. The fourth-order valence-corrected chi connectivity index (χ4v) is 2.03. The van der Waals surface area contributed by atoms with E-state index in [1.54, 1.807) is 11.3 Å². The lowest BCUT2D eigenvalue weighted by Crippen LogP contribution is -2.41. The molecule has 1 heterocycles. The van der Waals surface area contributed by atoms with Crippen molar-refractivity contribution in [2.24, 2.45) is 5.92 Å². The number of methoxy groups -OCH3 is 1. The average Bonchev–Trinajstić information content (AvgIpc) is 2.63. The first kappa shape index (κ1) is 13.1. The van der Waals surface area contributed by atoms with Crippen molar-refractivity contribution < 1.29 is 9.53 Å². The van der Waals surface area contributed by atoms with Crippen molar-refractivity contribution in [3.05, 3.63) is 16.1 Å². The molecule has 0 saturated carbocycles. The molecule has 0 aliphatic carbocycles. The summed E-state index contributed by atoms with van der Waals surface area (Å²) >= 11 is 1.61. The van der Waals surface area contributed by atoms with Crippen molar-refractivity contribution >= 4 is 17.3 Å². The maximum atomic E-state index is 11.5. The smallest absolute Gasteiger partial charge is 0.323 e. The first-order chi connectivity index (χ1) is 7.54. The number of carbonyl (C=O) groups is 1. The molecule has 1 N–H and O–H groups in total. The summed E-state index contributed by atoms with van der Waals surface area (Å²) in [6.07, 6.45) is 0. The molecule has 0 aliphatic heterocycles. The van der Waals surface area contributed by atoms with Crippen LogP contribution < -0.4 is 5.32 Å². The van der Waals surface area contributed by atoms with Crippen LogP contribution in [-0.2, 0) is 16.1 Å². The molecule has 0 spiro atoms. The molecule has 1 rings (SSSR count). The van der Waals surface area contributed by atoms with Gasteiger partial charge in [-0.15, -0.1) is 11.3 Å². The van der Waals surface area contributed by atoms with E-state index in [1.807, 2.05) is 26.2 Å². The van der Waals surface area contributed by atoms with Crippen LogP contribution >= 0.6 is 11.3 Å². The summed E-state index contributed by atoms with van der Waals surface area (Å²) in [4.78, 5) is 15.8. The average molecular weight is 242 g/mol. The molecular formula is C11H18N2O2S. The number of hydrogen-bond donors (Lipinski definition) is 1. The van der Waals surface area contributed by atoms with Gasteiger partial charge in [-0.3, -0.25) is 10.1 Å². The Kier molecular flexibility index (Phi) is 4.89. The molecule has 1 aromatic heterocycles. The van der Waals surface area contributed by atoms with Crippen LogP contribution in [0.2, 0.25) is 0 Å². The minimum absolute atomic E-state index is 0.201. The van der Waals surface area contributed by atoms with Gasteiger partial charge in [0.15, 0.2) is 0 Å². The Morgan fingerprint density at radius 1 is 1.62 bits per heavy atom. The number of nitrogens with one attached hydrogen (secondary N) is 1. The standard InChI is InChI=1S/C11H18N2O2S/c1-7(2)10(11(14)15-4)12-5-9-6-16-8(3)13-9/h6-7,10,12H,5H2,1-4H3/t10-/m0/s1. The third-order valence-electron chi connectivity index (χ3n) is 2.29. The molecular weight excluding hydrogens is 224 g/mol.